The second-order valence-electron chi connectivity index (χ2n) is 4.09. The van der Waals surface area contributed by atoms with Crippen LogP contribution in [0.25, 0.3) is 11.1 Å². The molecule has 0 amide bonds. The fraction of sp³-hybridized carbons (Fsp3) is 0.200. The second kappa shape index (κ2) is 5.98. The van der Waals surface area contributed by atoms with Gasteiger partial charge in [0.1, 0.15) is 5.82 Å². The lowest BCUT2D eigenvalue weighted by molar-refractivity contribution is 0.593. The first-order chi connectivity index (χ1) is 8.70. The van der Waals surface area contributed by atoms with Crippen LogP contribution in [0.2, 0.25) is 5.02 Å². The molecule has 1 nitrogen and oxygen atoms in total. The van der Waals surface area contributed by atoms with Gasteiger partial charge in [0.25, 0.3) is 0 Å². The van der Waals surface area contributed by atoms with Crippen molar-refractivity contribution in [2.45, 2.75) is 13.5 Å². The summed E-state index contributed by atoms with van der Waals surface area (Å²) >= 11 is 5.85. The van der Waals surface area contributed by atoms with Crippen LogP contribution in [0.1, 0.15) is 12.5 Å². The molecule has 2 rings (SSSR count). The highest BCUT2D eigenvalue weighted by Crippen LogP contribution is 2.23. The Kier molecular flexibility index (Phi) is 4.34. The topological polar surface area (TPSA) is 12.0 Å². The van der Waals surface area contributed by atoms with E-state index in [0.29, 0.717) is 17.1 Å². The molecule has 0 heterocycles. The monoisotopic (exact) mass is 263 g/mol. The molecule has 0 unspecified atom stereocenters. The third-order valence-corrected chi connectivity index (χ3v) is 3.04. The van der Waals surface area contributed by atoms with Crippen LogP contribution in [-0.4, -0.2) is 6.54 Å². The van der Waals surface area contributed by atoms with E-state index in [1.54, 1.807) is 6.07 Å². The van der Waals surface area contributed by atoms with Crippen LogP contribution >= 0.6 is 11.6 Å². The highest BCUT2D eigenvalue weighted by molar-refractivity contribution is 6.30. The van der Waals surface area contributed by atoms with Gasteiger partial charge in [-0.2, -0.15) is 0 Å². The molecular weight excluding hydrogens is 249 g/mol. The summed E-state index contributed by atoms with van der Waals surface area (Å²) in [6, 6.07) is 12.7. The lowest BCUT2D eigenvalue weighted by Crippen LogP contribution is -2.12. The molecule has 0 spiro atoms. The Morgan fingerprint density at radius 2 is 1.72 bits per heavy atom. The third-order valence-electron chi connectivity index (χ3n) is 2.79. The van der Waals surface area contributed by atoms with Crippen LogP contribution < -0.4 is 5.32 Å². The van der Waals surface area contributed by atoms with Gasteiger partial charge in [0.05, 0.1) is 0 Å². The van der Waals surface area contributed by atoms with Crippen molar-refractivity contribution in [3.8, 4) is 11.1 Å². The minimum atomic E-state index is -0.173. The molecule has 3 heteroatoms. The first-order valence-electron chi connectivity index (χ1n) is 5.96. The average molecular weight is 264 g/mol. The molecule has 0 aliphatic rings. The van der Waals surface area contributed by atoms with Crippen molar-refractivity contribution in [3.63, 3.8) is 0 Å². The van der Waals surface area contributed by atoms with Gasteiger partial charge in [0.15, 0.2) is 0 Å². The van der Waals surface area contributed by atoms with Crippen LogP contribution in [0, 0.1) is 5.82 Å². The fourth-order valence-corrected chi connectivity index (χ4v) is 1.92. The summed E-state index contributed by atoms with van der Waals surface area (Å²) in [5.41, 5.74) is 2.72. The molecule has 0 aliphatic carbocycles. The zero-order valence-electron chi connectivity index (χ0n) is 10.2. The van der Waals surface area contributed by atoms with Gasteiger partial charge in [-0.05, 0) is 41.9 Å². The molecule has 0 atom stereocenters. The molecule has 0 aromatic heterocycles. The summed E-state index contributed by atoms with van der Waals surface area (Å²) < 4.78 is 13.6. The van der Waals surface area contributed by atoms with Gasteiger partial charge in [-0.3, -0.25) is 0 Å². The molecule has 0 fully saturated rings. The van der Waals surface area contributed by atoms with Gasteiger partial charge in [-0.25, -0.2) is 4.39 Å². The lowest BCUT2D eigenvalue weighted by atomic mass is 10.0. The Morgan fingerprint density at radius 3 is 2.39 bits per heavy atom. The summed E-state index contributed by atoms with van der Waals surface area (Å²) in [6.07, 6.45) is 0. The number of hydrogen-bond acceptors (Lipinski definition) is 1. The summed E-state index contributed by atoms with van der Waals surface area (Å²) in [6.45, 7) is 3.37. The van der Waals surface area contributed by atoms with E-state index in [9.17, 15) is 4.39 Å². The highest BCUT2D eigenvalue weighted by Gasteiger charge is 2.04. The van der Waals surface area contributed by atoms with Crippen molar-refractivity contribution in [1.82, 2.24) is 5.32 Å². The number of halogens is 2. The van der Waals surface area contributed by atoms with Gasteiger partial charge in [0.2, 0.25) is 0 Å². The number of benzene rings is 2. The molecule has 0 saturated carbocycles. The van der Waals surface area contributed by atoms with Crippen molar-refractivity contribution in [3.05, 3.63) is 58.9 Å². The molecule has 1 N–H and O–H groups in total. The fourth-order valence-electron chi connectivity index (χ4n) is 1.79. The predicted molar refractivity (Wildman–Crippen MR) is 74.2 cm³/mol. The standard InChI is InChI=1S/C15H15ClFN/c1-2-18-10-13-9-12(5-8-15(13)17)11-3-6-14(16)7-4-11/h3-9,18H,2,10H2,1H3. The average Bonchev–Trinajstić information content (AvgIpc) is 2.39. The van der Waals surface area contributed by atoms with E-state index in [-0.39, 0.29) is 5.82 Å². The molecule has 0 bridgehead atoms. The van der Waals surface area contributed by atoms with E-state index < -0.39 is 0 Å². The zero-order chi connectivity index (χ0) is 13.0. The Bertz CT molecular complexity index is 523. The number of hydrogen-bond donors (Lipinski definition) is 1. The van der Waals surface area contributed by atoms with Crippen LogP contribution in [0.5, 0.6) is 0 Å². The van der Waals surface area contributed by atoms with E-state index in [1.807, 2.05) is 37.3 Å². The second-order valence-corrected chi connectivity index (χ2v) is 4.53. The Morgan fingerprint density at radius 1 is 1.06 bits per heavy atom. The largest absolute Gasteiger partial charge is 0.313 e. The van der Waals surface area contributed by atoms with Crippen LogP contribution in [-0.2, 0) is 6.54 Å². The van der Waals surface area contributed by atoms with Crippen molar-refractivity contribution < 1.29 is 4.39 Å². The van der Waals surface area contributed by atoms with Crippen LogP contribution in [0.4, 0.5) is 4.39 Å². The summed E-state index contributed by atoms with van der Waals surface area (Å²) in [7, 11) is 0. The van der Waals surface area contributed by atoms with Gasteiger partial charge >= 0.3 is 0 Å². The van der Waals surface area contributed by atoms with Crippen molar-refractivity contribution in [2.75, 3.05) is 6.54 Å². The summed E-state index contributed by atoms with van der Waals surface area (Å²) in [5.74, 6) is -0.173. The molecule has 18 heavy (non-hydrogen) atoms. The molecule has 2 aromatic rings. The number of nitrogens with one attached hydrogen (secondary N) is 1. The normalized spacial score (nSPS) is 10.6. The van der Waals surface area contributed by atoms with Crippen LogP contribution in [0.15, 0.2) is 42.5 Å². The maximum absolute atomic E-state index is 13.6. The first kappa shape index (κ1) is 13.1. The van der Waals surface area contributed by atoms with Crippen LogP contribution in [0.3, 0.4) is 0 Å². The van der Waals surface area contributed by atoms with E-state index in [4.69, 9.17) is 11.6 Å². The van der Waals surface area contributed by atoms with Gasteiger partial charge < -0.3 is 5.32 Å². The third kappa shape index (κ3) is 3.09. The summed E-state index contributed by atoms with van der Waals surface area (Å²) in [5, 5.41) is 3.83. The van der Waals surface area contributed by atoms with Gasteiger partial charge in [-0.15, -0.1) is 0 Å². The molecular formula is C15H15ClFN. The van der Waals surface area contributed by atoms with E-state index >= 15 is 0 Å². The minimum Gasteiger partial charge on any atom is -0.313 e. The number of rotatable bonds is 4. The van der Waals surface area contributed by atoms with Gasteiger partial charge in [-0.1, -0.05) is 36.7 Å². The Hall–Kier alpha value is -1.38. The molecule has 2 aromatic carbocycles. The quantitative estimate of drug-likeness (QED) is 0.869. The predicted octanol–water partition coefficient (Wildman–Crippen LogP) is 4.26. The molecule has 0 radical (unpaired) electrons. The Labute approximate surface area is 112 Å². The lowest BCUT2D eigenvalue weighted by Gasteiger charge is -2.08. The molecule has 0 saturated heterocycles. The SMILES string of the molecule is CCNCc1cc(-c2ccc(Cl)cc2)ccc1F. The molecule has 94 valence electrons. The minimum absolute atomic E-state index is 0.173. The maximum Gasteiger partial charge on any atom is 0.127 e. The maximum atomic E-state index is 13.6. The van der Waals surface area contributed by atoms with E-state index in [1.165, 1.54) is 6.07 Å². The summed E-state index contributed by atoms with van der Waals surface area (Å²) in [4.78, 5) is 0. The van der Waals surface area contributed by atoms with Crippen molar-refractivity contribution in [2.24, 2.45) is 0 Å². The first-order valence-corrected chi connectivity index (χ1v) is 6.33. The Balaban J connectivity index is 2.31. The van der Waals surface area contributed by atoms with Gasteiger partial charge in [0, 0.05) is 17.1 Å². The zero-order valence-corrected chi connectivity index (χ0v) is 11.0. The van der Waals surface area contributed by atoms with E-state index in [2.05, 4.69) is 5.32 Å². The van der Waals surface area contributed by atoms with E-state index in [0.717, 1.165) is 17.7 Å². The van der Waals surface area contributed by atoms with Crippen molar-refractivity contribution >= 4 is 11.6 Å². The van der Waals surface area contributed by atoms with Crippen molar-refractivity contribution in [1.29, 1.82) is 0 Å². The molecule has 0 aliphatic heterocycles. The smallest absolute Gasteiger partial charge is 0.127 e. The highest BCUT2D eigenvalue weighted by atomic mass is 35.5.